The molecule has 0 atom stereocenters. The van der Waals surface area contributed by atoms with Crippen molar-refractivity contribution in [1.29, 1.82) is 0 Å². The van der Waals surface area contributed by atoms with Crippen molar-refractivity contribution in [3.63, 3.8) is 0 Å². The Balaban J connectivity index is 0.000000437. The molecule has 0 aliphatic rings. The molecular formula is C12H18N2O3. The maximum atomic E-state index is 10.6. The van der Waals surface area contributed by atoms with Gasteiger partial charge in [-0.05, 0) is 19.1 Å². The molecule has 2 N–H and O–H groups in total. The van der Waals surface area contributed by atoms with Crippen LogP contribution in [0.2, 0.25) is 0 Å². The van der Waals surface area contributed by atoms with Crippen LogP contribution in [0, 0.1) is 12.8 Å². The minimum Gasteiger partial charge on any atom is -0.478 e. The number of hydrogen-bond acceptors (Lipinski definition) is 4. The van der Waals surface area contributed by atoms with E-state index in [9.17, 15) is 9.59 Å². The molecule has 0 amide bonds. The Labute approximate surface area is 101 Å². The Kier molecular flexibility index (Phi) is 6.55. The fourth-order valence-corrected chi connectivity index (χ4v) is 0.920. The van der Waals surface area contributed by atoms with E-state index in [4.69, 9.17) is 5.11 Å². The van der Waals surface area contributed by atoms with Crippen molar-refractivity contribution in [2.75, 3.05) is 12.4 Å². The zero-order chi connectivity index (χ0) is 13.4. The number of carboxylic acid groups (broad SMARTS) is 1. The highest BCUT2D eigenvalue weighted by molar-refractivity contribution is 5.88. The monoisotopic (exact) mass is 238 g/mol. The van der Waals surface area contributed by atoms with Crippen LogP contribution in [0.5, 0.6) is 0 Å². The predicted octanol–water partition coefficient (Wildman–Crippen LogP) is 1.97. The molecule has 0 bridgehead atoms. The zero-order valence-corrected chi connectivity index (χ0v) is 10.5. The number of hydrogen-bond donors (Lipinski definition) is 2. The highest BCUT2D eigenvalue weighted by Gasteiger charge is 2.04. The Morgan fingerprint density at radius 3 is 2.35 bits per heavy atom. The molecule has 0 radical (unpaired) electrons. The highest BCUT2D eigenvalue weighted by Crippen LogP contribution is 2.08. The van der Waals surface area contributed by atoms with Crippen LogP contribution in [0.15, 0.2) is 12.1 Å². The second-order valence-corrected chi connectivity index (χ2v) is 3.82. The summed E-state index contributed by atoms with van der Waals surface area (Å²) in [4.78, 5) is 24.1. The van der Waals surface area contributed by atoms with Gasteiger partial charge < -0.3 is 15.2 Å². The number of aldehydes is 1. The highest BCUT2D eigenvalue weighted by atomic mass is 16.4. The van der Waals surface area contributed by atoms with Crippen molar-refractivity contribution < 1.29 is 14.7 Å². The second-order valence-electron chi connectivity index (χ2n) is 3.82. The van der Waals surface area contributed by atoms with E-state index in [1.165, 1.54) is 12.1 Å². The summed E-state index contributed by atoms with van der Waals surface area (Å²) in [6.45, 7) is 5.47. The van der Waals surface area contributed by atoms with Gasteiger partial charge in [0.25, 0.3) is 0 Å². The molecule has 17 heavy (non-hydrogen) atoms. The van der Waals surface area contributed by atoms with Crippen LogP contribution in [-0.4, -0.2) is 29.4 Å². The minimum atomic E-state index is -0.933. The van der Waals surface area contributed by atoms with E-state index in [2.05, 4.69) is 10.3 Å². The van der Waals surface area contributed by atoms with Gasteiger partial charge in [0.15, 0.2) is 0 Å². The molecule has 0 aromatic carbocycles. The lowest BCUT2D eigenvalue weighted by molar-refractivity contribution is -0.110. The molecule has 5 nitrogen and oxygen atoms in total. The van der Waals surface area contributed by atoms with E-state index in [1.54, 1.807) is 14.0 Å². The third kappa shape index (κ3) is 6.29. The maximum Gasteiger partial charge on any atom is 0.335 e. The number of nitrogens with zero attached hydrogens (tertiary/aromatic N) is 1. The maximum absolute atomic E-state index is 10.6. The molecular weight excluding hydrogens is 220 g/mol. The summed E-state index contributed by atoms with van der Waals surface area (Å²) in [5, 5.41) is 11.5. The number of aryl methyl sites for hydroxylation is 1. The molecule has 0 aliphatic carbocycles. The van der Waals surface area contributed by atoms with Crippen LogP contribution in [0.3, 0.4) is 0 Å². The lowest BCUT2D eigenvalue weighted by atomic mass is 10.2. The summed E-state index contributed by atoms with van der Waals surface area (Å²) in [6, 6.07) is 3.03. The van der Waals surface area contributed by atoms with Gasteiger partial charge in [0.05, 0.1) is 5.56 Å². The molecule has 5 heteroatoms. The van der Waals surface area contributed by atoms with Gasteiger partial charge >= 0.3 is 5.97 Å². The van der Waals surface area contributed by atoms with E-state index in [0.717, 1.165) is 6.29 Å². The molecule has 0 unspecified atom stereocenters. The predicted molar refractivity (Wildman–Crippen MR) is 66.4 cm³/mol. The number of carboxylic acids is 1. The van der Waals surface area contributed by atoms with Crippen LogP contribution in [-0.2, 0) is 4.79 Å². The van der Waals surface area contributed by atoms with Gasteiger partial charge in [-0.2, -0.15) is 0 Å². The van der Waals surface area contributed by atoms with Crippen LogP contribution < -0.4 is 5.32 Å². The topological polar surface area (TPSA) is 79.3 Å². The fourth-order valence-electron chi connectivity index (χ4n) is 0.920. The van der Waals surface area contributed by atoms with Gasteiger partial charge in [0.2, 0.25) is 0 Å². The Hall–Kier alpha value is -1.91. The third-order valence-corrected chi connectivity index (χ3v) is 1.73. The Morgan fingerprint density at radius 2 is 2.00 bits per heavy atom. The van der Waals surface area contributed by atoms with E-state index >= 15 is 0 Å². The molecule has 1 aromatic rings. The number of aromatic carboxylic acids is 1. The Morgan fingerprint density at radius 1 is 1.47 bits per heavy atom. The molecule has 1 aromatic heterocycles. The lowest BCUT2D eigenvalue weighted by Gasteiger charge is -2.01. The fraction of sp³-hybridized carbons (Fsp3) is 0.417. The van der Waals surface area contributed by atoms with Gasteiger partial charge in [-0.1, -0.05) is 13.8 Å². The van der Waals surface area contributed by atoms with E-state index in [-0.39, 0.29) is 11.5 Å². The molecule has 0 fully saturated rings. The first kappa shape index (κ1) is 15.1. The van der Waals surface area contributed by atoms with E-state index < -0.39 is 5.97 Å². The van der Waals surface area contributed by atoms with Crippen molar-refractivity contribution >= 4 is 18.1 Å². The van der Waals surface area contributed by atoms with Crippen LogP contribution in [0.1, 0.15) is 29.9 Å². The number of pyridine rings is 1. The molecule has 0 saturated carbocycles. The number of carbonyl (C=O) groups excluding carboxylic acids is 1. The first-order valence-corrected chi connectivity index (χ1v) is 5.25. The molecule has 0 aliphatic heterocycles. The number of carbonyl (C=O) groups is 2. The molecule has 0 saturated heterocycles. The van der Waals surface area contributed by atoms with Gasteiger partial charge in [0, 0.05) is 18.7 Å². The van der Waals surface area contributed by atoms with Crippen molar-refractivity contribution in [2.24, 2.45) is 5.92 Å². The summed E-state index contributed by atoms with van der Waals surface area (Å²) in [5.41, 5.74) is 0.950. The number of rotatable bonds is 3. The average Bonchev–Trinajstić information content (AvgIpc) is 2.28. The number of nitrogens with one attached hydrogen (secondary N) is 1. The quantitative estimate of drug-likeness (QED) is 0.787. The summed E-state index contributed by atoms with van der Waals surface area (Å²) in [6.07, 6.45) is 0.917. The van der Waals surface area contributed by atoms with Gasteiger partial charge in [-0.15, -0.1) is 0 Å². The molecule has 94 valence electrons. The smallest absolute Gasteiger partial charge is 0.335 e. The van der Waals surface area contributed by atoms with E-state index in [1.807, 2.05) is 13.8 Å². The van der Waals surface area contributed by atoms with Crippen molar-refractivity contribution in [3.05, 3.63) is 23.4 Å². The summed E-state index contributed by atoms with van der Waals surface area (Å²) in [7, 11) is 1.70. The second kappa shape index (κ2) is 7.38. The SMILES string of the molecule is CC(C)C=O.CNc1cc(C(=O)O)cc(C)n1. The normalized spacial score (nSPS) is 9.24. The number of anilines is 1. The van der Waals surface area contributed by atoms with Crippen molar-refractivity contribution in [3.8, 4) is 0 Å². The summed E-state index contributed by atoms with van der Waals surface area (Å²) >= 11 is 0. The van der Waals surface area contributed by atoms with Gasteiger partial charge in [0.1, 0.15) is 12.1 Å². The first-order chi connectivity index (χ1) is 7.90. The summed E-state index contributed by atoms with van der Waals surface area (Å²) < 4.78 is 0. The first-order valence-electron chi connectivity index (χ1n) is 5.25. The minimum absolute atomic E-state index is 0.204. The molecule has 1 heterocycles. The summed E-state index contributed by atoms with van der Waals surface area (Å²) in [5.74, 6) is -0.153. The Bertz CT molecular complexity index is 389. The molecule has 1 rings (SSSR count). The van der Waals surface area contributed by atoms with Crippen LogP contribution >= 0.6 is 0 Å². The van der Waals surface area contributed by atoms with Crippen LogP contribution in [0.25, 0.3) is 0 Å². The van der Waals surface area contributed by atoms with E-state index in [0.29, 0.717) is 11.5 Å². The van der Waals surface area contributed by atoms with Crippen molar-refractivity contribution in [2.45, 2.75) is 20.8 Å². The van der Waals surface area contributed by atoms with Crippen LogP contribution in [0.4, 0.5) is 5.82 Å². The number of aromatic nitrogens is 1. The van der Waals surface area contributed by atoms with Crippen molar-refractivity contribution in [1.82, 2.24) is 4.98 Å². The van der Waals surface area contributed by atoms with Gasteiger partial charge in [-0.25, -0.2) is 9.78 Å². The average molecular weight is 238 g/mol. The molecule has 0 spiro atoms. The van der Waals surface area contributed by atoms with Gasteiger partial charge in [-0.3, -0.25) is 0 Å². The lowest BCUT2D eigenvalue weighted by Crippen LogP contribution is -2.01. The largest absolute Gasteiger partial charge is 0.478 e. The standard InChI is InChI=1S/C8H10N2O2.C4H8O/c1-5-3-6(8(11)12)4-7(9-2)10-5;1-4(2)3-5/h3-4H,1-2H3,(H,9,10)(H,11,12);3-4H,1-2H3. The zero-order valence-electron chi connectivity index (χ0n) is 10.5. The third-order valence-electron chi connectivity index (χ3n) is 1.73.